The second kappa shape index (κ2) is 5.85. The van der Waals surface area contributed by atoms with Crippen molar-refractivity contribution in [2.45, 2.75) is 19.8 Å². The molecule has 0 spiro atoms. The van der Waals surface area contributed by atoms with E-state index in [9.17, 15) is 0 Å². The molecule has 0 aromatic heterocycles. The van der Waals surface area contributed by atoms with Crippen molar-refractivity contribution in [3.8, 4) is 0 Å². The van der Waals surface area contributed by atoms with Crippen LogP contribution in [0.1, 0.15) is 19.8 Å². The lowest BCUT2D eigenvalue weighted by Crippen LogP contribution is -2.29. The minimum Gasteiger partial charge on any atom is -0.388 e. The van der Waals surface area contributed by atoms with Crippen LogP contribution in [0.25, 0.3) is 0 Å². The van der Waals surface area contributed by atoms with Gasteiger partial charge in [-0.05, 0) is 25.8 Å². The molecule has 2 heterocycles. The van der Waals surface area contributed by atoms with E-state index in [-0.39, 0.29) is 0 Å². The third kappa shape index (κ3) is 3.00. The van der Waals surface area contributed by atoms with E-state index in [1.165, 1.54) is 5.57 Å². The summed E-state index contributed by atoms with van der Waals surface area (Å²) in [5.41, 5.74) is 4.53. The summed E-state index contributed by atoms with van der Waals surface area (Å²) in [5, 5.41) is 9.78. The molecule has 1 unspecified atom stereocenters. The number of hydrogen-bond donors (Lipinski definition) is 3. The maximum Gasteiger partial charge on any atom is 0.107 e. The first-order valence-corrected chi connectivity index (χ1v) is 6.42. The summed E-state index contributed by atoms with van der Waals surface area (Å²) in [7, 11) is 5.96. The second-order valence-corrected chi connectivity index (χ2v) is 4.70. The van der Waals surface area contributed by atoms with Gasteiger partial charge in [0, 0.05) is 24.4 Å². The van der Waals surface area contributed by atoms with Gasteiger partial charge in [0.2, 0.25) is 0 Å². The molecule has 2 rings (SSSR count). The Morgan fingerprint density at radius 1 is 1.56 bits per heavy atom. The van der Waals surface area contributed by atoms with Crippen LogP contribution in [0.15, 0.2) is 47.4 Å². The number of piperidine rings is 1. The molecule has 2 aliphatic heterocycles. The van der Waals surface area contributed by atoms with E-state index in [2.05, 4.69) is 28.6 Å². The summed E-state index contributed by atoms with van der Waals surface area (Å²) in [6.45, 7) is 7.85. The summed E-state index contributed by atoms with van der Waals surface area (Å²) in [5.74, 6) is 0.304. The molecule has 0 aliphatic carbocycles. The molecule has 94 valence electrons. The molecule has 0 bridgehead atoms. The second-order valence-electron chi connectivity index (χ2n) is 4.70. The van der Waals surface area contributed by atoms with Gasteiger partial charge in [-0.25, -0.2) is 0 Å². The molecular weight excluding hydrogens is 221 g/mol. The van der Waals surface area contributed by atoms with Crippen LogP contribution in [0.2, 0.25) is 0 Å². The largest absolute Gasteiger partial charge is 0.388 e. The Hall–Kier alpha value is -1.58. The van der Waals surface area contributed by atoms with Gasteiger partial charge in [-0.1, -0.05) is 18.2 Å². The quantitative estimate of drug-likeness (QED) is 0.655. The molecule has 3 N–H and O–H groups in total. The molecule has 1 atom stereocenters. The van der Waals surface area contributed by atoms with Gasteiger partial charge in [0.25, 0.3) is 0 Å². The zero-order valence-corrected chi connectivity index (χ0v) is 10.9. The molecule has 0 aromatic carbocycles. The van der Waals surface area contributed by atoms with Crippen LogP contribution in [0, 0.1) is 5.92 Å². The number of rotatable bonds is 3. The number of allylic oxidation sites excluding steroid dienone is 4. The SMILES string of the molecule is [B]/C(=C/C)CC1C(=C)NCC/C1=C\C1=CNCN1. The van der Waals surface area contributed by atoms with Gasteiger partial charge in [0.05, 0.1) is 12.4 Å². The highest BCUT2D eigenvalue weighted by molar-refractivity contribution is 6.21. The van der Waals surface area contributed by atoms with Crippen molar-refractivity contribution in [1.82, 2.24) is 16.0 Å². The summed E-state index contributed by atoms with van der Waals surface area (Å²) >= 11 is 0. The fraction of sp³-hybridized carbons (Fsp3) is 0.429. The number of hydrogen-bond acceptors (Lipinski definition) is 3. The van der Waals surface area contributed by atoms with E-state index in [0.717, 1.165) is 42.9 Å². The average Bonchev–Trinajstić information content (AvgIpc) is 2.86. The number of nitrogens with one attached hydrogen (secondary N) is 3. The predicted molar refractivity (Wildman–Crippen MR) is 76.7 cm³/mol. The first kappa shape index (κ1) is 12.9. The van der Waals surface area contributed by atoms with Crippen molar-refractivity contribution in [3.63, 3.8) is 0 Å². The van der Waals surface area contributed by atoms with Crippen molar-refractivity contribution in [1.29, 1.82) is 0 Å². The Labute approximate surface area is 111 Å². The van der Waals surface area contributed by atoms with Crippen LogP contribution in [0.3, 0.4) is 0 Å². The maximum absolute atomic E-state index is 5.96. The smallest absolute Gasteiger partial charge is 0.107 e. The molecule has 1 fully saturated rings. The Bertz CT molecular complexity index is 421. The average molecular weight is 241 g/mol. The van der Waals surface area contributed by atoms with E-state index in [1.54, 1.807) is 0 Å². The topological polar surface area (TPSA) is 36.1 Å². The minimum atomic E-state index is 0.304. The van der Waals surface area contributed by atoms with Gasteiger partial charge in [-0.15, -0.1) is 5.47 Å². The molecule has 1 saturated heterocycles. The lowest BCUT2D eigenvalue weighted by atomic mass is 9.79. The molecule has 0 saturated carbocycles. The van der Waals surface area contributed by atoms with E-state index >= 15 is 0 Å². The van der Waals surface area contributed by atoms with E-state index in [1.807, 2.05) is 19.2 Å². The molecule has 18 heavy (non-hydrogen) atoms. The third-order valence-corrected chi connectivity index (χ3v) is 3.44. The Morgan fingerprint density at radius 2 is 2.39 bits per heavy atom. The molecule has 3 nitrogen and oxygen atoms in total. The van der Waals surface area contributed by atoms with E-state index in [4.69, 9.17) is 7.85 Å². The van der Waals surface area contributed by atoms with E-state index in [0.29, 0.717) is 5.92 Å². The van der Waals surface area contributed by atoms with Crippen LogP contribution in [0.5, 0.6) is 0 Å². The highest BCUT2D eigenvalue weighted by Crippen LogP contribution is 2.30. The molecule has 0 aromatic rings. The van der Waals surface area contributed by atoms with Gasteiger partial charge in [0.1, 0.15) is 7.85 Å². The predicted octanol–water partition coefficient (Wildman–Crippen LogP) is 1.49. The Balaban J connectivity index is 2.16. The van der Waals surface area contributed by atoms with Gasteiger partial charge >= 0.3 is 0 Å². The summed E-state index contributed by atoms with van der Waals surface area (Å²) in [4.78, 5) is 0. The van der Waals surface area contributed by atoms with Crippen molar-refractivity contribution >= 4 is 7.85 Å². The van der Waals surface area contributed by atoms with Crippen LogP contribution >= 0.6 is 0 Å². The van der Waals surface area contributed by atoms with Crippen LogP contribution in [-0.4, -0.2) is 21.1 Å². The van der Waals surface area contributed by atoms with Crippen LogP contribution in [0.4, 0.5) is 0 Å². The molecule has 4 heteroatoms. The highest BCUT2D eigenvalue weighted by Gasteiger charge is 2.22. The normalized spacial score (nSPS) is 26.4. The zero-order chi connectivity index (χ0) is 13.0. The van der Waals surface area contributed by atoms with Gasteiger partial charge in [-0.3, -0.25) is 0 Å². The Kier molecular flexibility index (Phi) is 4.18. The Morgan fingerprint density at radius 3 is 3.06 bits per heavy atom. The van der Waals surface area contributed by atoms with Crippen molar-refractivity contribution in [3.05, 3.63) is 47.4 Å². The van der Waals surface area contributed by atoms with Crippen molar-refractivity contribution < 1.29 is 0 Å². The molecule has 0 amide bonds. The van der Waals surface area contributed by atoms with Crippen LogP contribution < -0.4 is 16.0 Å². The zero-order valence-electron chi connectivity index (χ0n) is 10.9. The molecule has 2 radical (unpaired) electrons. The van der Waals surface area contributed by atoms with Crippen molar-refractivity contribution in [2.75, 3.05) is 13.2 Å². The lowest BCUT2D eigenvalue weighted by Gasteiger charge is -2.30. The third-order valence-electron chi connectivity index (χ3n) is 3.44. The summed E-state index contributed by atoms with van der Waals surface area (Å²) in [6.07, 6.45) is 8.08. The minimum absolute atomic E-state index is 0.304. The first-order chi connectivity index (χ1) is 8.70. The lowest BCUT2D eigenvalue weighted by molar-refractivity contribution is 0.553. The fourth-order valence-corrected chi connectivity index (χ4v) is 2.33. The monoisotopic (exact) mass is 241 g/mol. The van der Waals surface area contributed by atoms with E-state index < -0.39 is 0 Å². The standard InChI is InChI=1S/C14H20BN3/c1-3-12(15)7-14-10(2)17-5-4-11(14)6-13-8-16-9-18-13/h3,6,8,14,16-18H,2,4-5,7,9H2,1H3/b11-6+,12-3+. The van der Waals surface area contributed by atoms with Gasteiger partial charge in [0.15, 0.2) is 0 Å². The maximum atomic E-state index is 5.96. The van der Waals surface area contributed by atoms with Crippen LogP contribution in [-0.2, 0) is 0 Å². The van der Waals surface area contributed by atoms with Gasteiger partial charge < -0.3 is 16.0 Å². The highest BCUT2D eigenvalue weighted by atomic mass is 15.1. The summed E-state index contributed by atoms with van der Waals surface area (Å²) < 4.78 is 0. The summed E-state index contributed by atoms with van der Waals surface area (Å²) in [6, 6.07) is 0. The fourth-order valence-electron chi connectivity index (χ4n) is 2.33. The van der Waals surface area contributed by atoms with Gasteiger partial charge in [-0.2, -0.15) is 0 Å². The molecule has 2 aliphatic rings. The van der Waals surface area contributed by atoms with Crippen molar-refractivity contribution in [2.24, 2.45) is 5.92 Å². The molecular formula is C14H20BN3. The first-order valence-electron chi connectivity index (χ1n) is 6.42.